The van der Waals surface area contributed by atoms with Crippen LogP contribution in [0.1, 0.15) is 38.6 Å². The molecule has 0 bridgehead atoms. The highest BCUT2D eigenvalue weighted by Gasteiger charge is 2.15. The Morgan fingerprint density at radius 2 is 1.94 bits per heavy atom. The fourth-order valence-electron chi connectivity index (χ4n) is 3.49. The van der Waals surface area contributed by atoms with Gasteiger partial charge < -0.3 is 10.6 Å². The Morgan fingerprint density at radius 3 is 2.66 bits per heavy atom. The molecule has 2 N–H and O–H groups in total. The van der Waals surface area contributed by atoms with Crippen molar-refractivity contribution in [2.75, 3.05) is 10.6 Å². The molecule has 8 nitrogen and oxygen atoms in total. The average Bonchev–Trinajstić information content (AvgIpc) is 3.44. The summed E-state index contributed by atoms with van der Waals surface area (Å²) in [5, 5.41) is 21.0. The van der Waals surface area contributed by atoms with E-state index >= 15 is 0 Å². The number of hydrogen-bond donors (Lipinski definition) is 2. The summed E-state index contributed by atoms with van der Waals surface area (Å²) in [5.74, 6) is -0.334. The quantitative estimate of drug-likeness (QED) is 0.465. The topological polar surface area (TPSA) is 112 Å². The summed E-state index contributed by atoms with van der Waals surface area (Å²) in [6.07, 6.45) is 2.24. The Morgan fingerprint density at radius 1 is 1.16 bits per heavy atom. The van der Waals surface area contributed by atoms with E-state index in [4.69, 9.17) is 0 Å². The van der Waals surface area contributed by atoms with Crippen LogP contribution in [-0.2, 0) is 11.2 Å². The van der Waals surface area contributed by atoms with E-state index in [9.17, 15) is 14.9 Å². The molecule has 1 aromatic carbocycles. The molecule has 3 heterocycles. The number of aryl methyl sites for hydroxylation is 2. The van der Waals surface area contributed by atoms with E-state index in [-0.39, 0.29) is 18.2 Å². The lowest BCUT2D eigenvalue weighted by atomic mass is 10.1. The summed E-state index contributed by atoms with van der Waals surface area (Å²) in [6, 6.07) is 12.7. The normalized spacial score (nSPS) is 10.7. The summed E-state index contributed by atoms with van der Waals surface area (Å²) in [7, 11) is 0. The van der Waals surface area contributed by atoms with Gasteiger partial charge in [-0.2, -0.15) is 10.4 Å². The molecule has 0 aliphatic heterocycles. The van der Waals surface area contributed by atoms with Crippen molar-refractivity contribution in [3.8, 4) is 6.07 Å². The number of thiophene rings is 1. The van der Waals surface area contributed by atoms with Crippen LogP contribution in [0.15, 0.2) is 48.0 Å². The first-order valence-corrected chi connectivity index (χ1v) is 10.8. The maximum atomic E-state index is 12.6. The number of rotatable bonds is 6. The summed E-state index contributed by atoms with van der Waals surface area (Å²) in [6.45, 7) is 3.77. The second-order valence-electron chi connectivity index (χ2n) is 7.23. The monoisotopic (exact) mass is 444 g/mol. The van der Waals surface area contributed by atoms with Crippen LogP contribution in [0.4, 0.5) is 11.4 Å². The van der Waals surface area contributed by atoms with Crippen LogP contribution < -0.4 is 10.6 Å². The van der Waals surface area contributed by atoms with Gasteiger partial charge in [-0.05, 0) is 55.5 Å². The average molecular weight is 445 g/mol. The van der Waals surface area contributed by atoms with Crippen molar-refractivity contribution in [2.24, 2.45) is 0 Å². The van der Waals surface area contributed by atoms with E-state index in [1.54, 1.807) is 34.8 Å². The SMILES string of the molecule is Cc1nc2c(C#N)cnn2c(C)c1CCC(=O)Nc1cccc(NC(=O)c2cccs2)c1. The number of fused-ring (bicyclic) bond motifs is 1. The second kappa shape index (κ2) is 8.99. The van der Waals surface area contributed by atoms with Crippen molar-refractivity contribution in [2.45, 2.75) is 26.7 Å². The zero-order chi connectivity index (χ0) is 22.7. The number of carbonyl (C=O) groups excluding carboxylic acids is 2. The third kappa shape index (κ3) is 4.36. The van der Waals surface area contributed by atoms with E-state index in [2.05, 4.69) is 26.8 Å². The van der Waals surface area contributed by atoms with Gasteiger partial charge in [0.2, 0.25) is 5.91 Å². The molecule has 2 amide bonds. The van der Waals surface area contributed by atoms with Gasteiger partial charge in [-0.15, -0.1) is 11.3 Å². The van der Waals surface area contributed by atoms with Crippen LogP contribution in [-0.4, -0.2) is 26.4 Å². The lowest BCUT2D eigenvalue weighted by molar-refractivity contribution is -0.116. The fraction of sp³-hybridized carbons (Fsp3) is 0.174. The molecule has 9 heteroatoms. The molecule has 32 heavy (non-hydrogen) atoms. The predicted octanol–water partition coefficient (Wildman–Crippen LogP) is 4.10. The van der Waals surface area contributed by atoms with Crippen LogP contribution >= 0.6 is 11.3 Å². The van der Waals surface area contributed by atoms with Gasteiger partial charge in [0.25, 0.3) is 5.91 Å². The summed E-state index contributed by atoms with van der Waals surface area (Å²) < 4.78 is 1.64. The molecule has 0 aliphatic carbocycles. The Labute approximate surface area is 188 Å². The minimum atomic E-state index is -0.185. The number of nitrogens with one attached hydrogen (secondary N) is 2. The van der Waals surface area contributed by atoms with E-state index < -0.39 is 0 Å². The first-order valence-electron chi connectivity index (χ1n) is 9.95. The van der Waals surface area contributed by atoms with Crippen LogP contribution in [0.2, 0.25) is 0 Å². The predicted molar refractivity (Wildman–Crippen MR) is 123 cm³/mol. The first-order chi connectivity index (χ1) is 15.5. The van der Waals surface area contributed by atoms with E-state index in [1.165, 1.54) is 17.5 Å². The molecule has 0 unspecified atom stereocenters. The van der Waals surface area contributed by atoms with Crippen molar-refractivity contribution in [1.82, 2.24) is 14.6 Å². The third-order valence-electron chi connectivity index (χ3n) is 5.08. The molecule has 3 aromatic heterocycles. The zero-order valence-electron chi connectivity index (χ0n) is 17.5. The molecule has 0 spiro atoms. The number of benzene rings is 1. The minimum Gasteiger partial charge on any atom is -0.326 e. The number of nitrogens with zero attached hydrogens (tertiary/aromatic N) is 4. The Hall–Kier alpha value is -4.03. The maximum absolute atomic E-state index is 12.6. The number of amides is 2. The molecule has 0 saturated heterocycles. The summed E-state index contributed by atoms with van der Waals surface area (Å²) in [5.41, 5.74) is 4.72. The van der Waals surface area contributed by atoms with Crippen LogP contribution in [0, 0.1) is 25.2 Å². The molecule has 4 rings (SSSR count). The smallest absolute Gasteiger partial charge is 0.265 e. The van der Waals surface area contributed by atoms with Crippen molar-refractivity contribution in [3.05, 3.63) is 75.4 Å². The molecule has 4 aromatic rings. The highest BCUT2D eigenvalue weighted by molar-refractivity contribution is 7.12. The lowest BCUT2D eigenvalue weighted by Gasteiger charge is -2.12. The molecule has 0 atom stereocenters. The molecular formula is C23H20N6O2S. The van der Waals surface area contributed by atoms with Gasteiger partial charge in [-0.3, -0.25) is 9.59 Å². The number of carbonyl (C=O) groups is 2. The van der Waals surface area contributed by atoms with Crippen LogP contribution in [0.25, 0.3) is 5.65 Å². The van der Waals surface area contributed by atoms with Crippen LogP contribution in [0.3, 0.4) is 0 Å². The van der Waals surface area contributed by atoms with Crippen LogP contribution in [0.5, 0.6) is 0 Å². The molecule has 160 valence electrons. The second-order valence-corrected chi connectivity index (χ2v) is 8.17. The van der Waals surface area contributed by atoms with Crippen molar-refractivity contribution in [1.29, 1.82) is 5.26 Å². The zero-order valence-corrected chi connectivity index (χ0v) is 18.4. The molecule has 0 radical (unpaired) electrons. The van der Waals surface area contributed by atoms with Crippen molar-refractivity contribution in [3.63, 3.8) is 0 Å². The number of anilines is 2. The highest BCUT2D eigenvalue weighted by Crippen LogP contribution is 2.20. The molecule has 0 saturated carbocycles. The van der Waals surface area contributed by atoms with E-state index in [0.29, 0.717) is 33.9 Å². The van der Waals surface area contributed by atoms with Crippen molar-refractivity contribution < 1.29 is 9.59 Å². The Kier molecular flexibility index (Phi) is 5.96. The minimum absolute atomic E-state index is 0.149. The van der Waals surface area contributed by atoms with Gasteiger partial charge in [0, 0.05) is 29.2 Å². The maximum Gasteiger partial charge on any atom is 0.265 e. The molecular weight excluding hydrogens is 424 g/mol. The van der Waals surface area contributed by atoms with Gasteiger partial charge in [-0.25, -0.2) is 9.50 Å². The molecule has 0 fully saturated rings. The van der Waals surface area contributed by atoms with E-state index in [0.717, 1.165) is 17.0 Å². The van der Waals surface area contributed by atoms with Gasteiger partial charge in [-0.1, -0.05) is 12.1 Å². The highest BCUT2D eigenvalue weighted by atomic mass is 32.1. The summed E-state index contributed by atoms with van der Waals surface area (Å²) >= 11 is 1.37. The van der Waals surface area contributed by atoms with Gasteiger partial charge in [0.15, 0.2) is 5.65 Å². The Bertz CT molecular complexity index is 1350. The third-order valence-corrected chi connectivity index (χ3v) is 5.95. The fourth-order valence-corrected chi connectivity index (χ4v) is 4.11. The number of nitriles is 1. The van der Waals surface area contributed by atoms with Gasteiger partial charge in [0.05, 0.1) is 11.1 Å². The number of hydrogen-bond acceptors (Lipinski definition) is 6. The summed E-state index contributed by atoms with van der Waals surface area (Å²) in [4.78, 5) is 29.9. The lowest BCUT2D eigenvalue weighted by Crippen LogP contribution is -2.15. The van der Waals surface area contributed by atoms with Gasteiger partial charge >= 0.3 is 0 Å². The van der Waals surface area contributed by atoms with E-state index in [1.807, 2.05) is 25.3 Å². The largest absolute Gasteiger partial charge is 0.326 e. The number of aromatic nitrogens is 3. The van der Waals surface area contributed by atoms with Crippen molar-refractivity contribution >= 4 is 40.2 Å². The Balaban J connectivity index is 1.41. The van der Waals surface area contributed by atoms with Gasteiger partial charge in [0.1, 0.15) is 11.6 Å². The standard InChI is InChI=1S/C23H20N6O2S/c1-14-19(15(2)29-22(26-14)16(12-24)13-25-29)8-9-21(30)27-17-5-3-6-18(11-17)28-23(31)20-7-4-10-32-20/h3-7,10-11,13H,8-9H2,1-2H3,(H,27,30)(H,28,31). The first kappa shape index (κ1) is 21.2. The molecule has 0 aliphatic rings.